The molecule has 0 saturated heterocycles. The van der Waals surface area contributed by atoms with E-state index in [1.807, 2.05) is 24.3 Å². The molecule has 5 rings (SSSR count). The van der Waals surface area contributed by atoms with Gasteiger partial charge in [0.25, 0.3) is 5.91 Å². The Morgan fingerprint density at radius 1 is 1.21 bits per heavy atom. The number of nitrogens with two attached hydrogens (primary N) is 1. The number of nitrogens with zero attached hydrogens (tertiary/aromatic N) is 4. The average molecular weight is 399 g/mol. The molecule has 154 valence electrons. The Morgan fingerprint density at radius 3 is 2.72 bits per heavy atom. The Morgan fingerprint density at radius 2 is 1.97 bits per heavy atom. The molecule has 0 unspecified atom stereocenters. The van der Waals surface area contributed by atoms with Crippen LogP contribution in [0.15, 0.2) is 24.3 Å². The van der Waals surface area contributed by atoms with E-state index in [9.17, 15) is 9.59 Å². The number of aromatic nitrogens is 3. The fraction of sp³-hybridized carbons (Fsp3) is 0.500. The van der Waals surface area contributed by atoms with Crippen LogP contribution in [0.1, 0.15) is 48.5 Å². The minimum Gasteiger partial charge on any atom is -0.491 e. The Hall–Kier alpha value is -2.94. The molecule has 0 atom stereocenters. The Labute approximate surface area is 168 Å². The molecule has 1 fully saturated rings. The van der Waals surface area contributed by atoms with E-state index in [0.717, 1.165) is 42.9 Å². The zero-order chi connectivity index (χ0) is 20.4. The Balaban J connectivity index is 0.000000145. The van der Waals surface area contributed by atoms with Gasteiger partial charge >= 0.3 is 0 Å². The van der Waals surface area contributed by atoms with Crippen molar-refractivity contribution in [1.29, 1.82) is 0 Å². The van der Waals surface area contributed by atoms with Crippen LogP contribution in [-0.4, -0.2) is 46.8 Å². The van der Waals surface area contributed by atoms with Crippen molar-refractivity contribution >= 4 is 17.5 Å². The number of carbonyl (C=O) groups excluding carboxylic acids is 2. The summed E-state index contributed by atoms with van der Waals surface area (Å²) in [6.07, 6.45) is 4.65. The van der Waals surface area contributed by atoms with E-state index in [4.69, 9.17) is 15.2 Å². The van der Waals surface area contributed by atoms with Gasteiger partial charge in [0.2, 0.25) is 11.7 Å². The second kappa shape index (κ2) is 7.82. The number of primary amides is 1. The summed E-state index contributed by atoms with van der Waals surface area (Å²) < 4.78 is 13.1. The summed E-state index contributed by atoms with van der Waals surface area (Å²) in [6, 6.07) is 7.57. The van der Waals surface area contributed by atoms with Gasteiger partial charge in [-0.25, -0.2) is 9.67 Å². The maximum absolute atomic E-state index is 11.4. The highest BCUT2D eigenvalue weighted by molar-refractivity contribution is 5.95. The monoisotopic (exact) mass is 399 g/mol. The largest absolute Gasteiger partial charge is 0.491 e. The van der Waals surface area contributed by atoms with Crippen molar-refractivity contribution < 1.29 is 19.1 Å². The number of carbonyl (C=O) groups is 2. The van der Waals surface area contributed by atoms with Crippen LogP contribution in [0, 0.1) is 0 Å². The van der Waals surface area contributed by atoms with Crippen LogP contribution in [0.25, 0.3) is 0 Å². The molecule has 9 nitrogen and oxygen atoms in total. The molecule has 0 bridgehead atoms. The molecule has 1 spiro atoms. The zero-order valence-corrected chi connectivity index (χ0v) is 16.5. The molecule has 1 saturated carbocycles. The smallest absolute Gasteiger partial charge is 0.288 e. The second-order valence-electron chi connectivity index (χ2n) is 7.42. The summed E-state index contributed by atoms with van der Waals surface area (Å²) in [6.45, 7) is 1.76. The van der Waals surface area contributed by atoms with Crippen molar-refractivity contribution in [3.05, 3.63) is 35.9 Å². The maximum atomic E-state index is 11.4. The highest BCUT2D eigenvalue weighted by Crippen LogP contribution is 2.42. The third kappa shape index (κ3) is 3.69. The lowest BCUT2D eigenvalue weighted by Gasteiger charge is -2.32. The van der Waals surface area contributed by atoms with Crippen LogP contribution in [0.5, 0.6) is 5.75 Å². The van der Waals surface area contributed by atoms with Crippen LogP contribution >= 0.6 is 0 Å². The lowest BCUT2D eigenvalue weighted by molar-refractivity contribution is -0.118. The molecule has 3 aliphatic rings. The fourth-order valence-corrected chi connectivity index (χ4v) is 4.05. The molecule has 29 heavy (non-hydrogen) atoms. The SMILES string of the molecule is CN1C(=O)CCOc2ccccc21.NC(=O)c1nc2n(n1)CCOC21CCCC1. The third-order valence-electron chi connectivity index (χ3n) is 5.57. The number of amides is 2. The van der Waals surface area contributed by atoms with Gasteiger partial charge in [-0.2, -0.15) is 0 Å². The van der Waals surface area contributed by atoms with Crippen molar-refractivity contribution in [2.75, 3.05) is 25.2 Å². The summed E-state index contributed by atoms with van der Waals surface area (Å²) in [5, 5.41) is 4.12. The third-order valence-corrected chi connectivity index (χ3v) is 5.57. The van der Waals surface area contributed by atoms with Crippen LogP contribution in [0.2, 0.25) is 0 Å². The van der Waals surface area contributed by atoms with E-state index in [1.54, 1.807) is 16.6 Å². The van der Waals surface area contributed by atoms with Crippen LogP contribution in [0.4, 0.5) is 5.69 Å². The highest BCUT2D eigenvalue weighted by Gasteiger charge is 2.43. The predicted molar refractivity (Wildman–Crippen MR) is 105 cm³/mol. The van der Waals surface area contributed by atoms with Gasteiger partial charge < -0.3 is 20.1 Å². The minimum absolute atomic E-state index is 0.102. The number of fused-ring (bicyclic) bond motifs is 3. The zero-order valence-electron chi connectivity index (χ0n) is 16.5. The Kier molecular flexibility index (Phi) is 5.23. The summed E-state index contributed by atoms with van der Waals surface area (Å²) in [5.74, 6) is 1.20. The first-order valence-electron chi connectivity index (χ1n) is 9.88. The Bertz CT molecular complexity index is 919. The number of benzene rings is 1. The number of anilines is 1. The van der Waals surface area contributed by atoms with E-state index < -0.39 is 5.91 Å². The summed E-state index contributed by atoms with van der Waals surface area (Å²) in [4.78, 5) is 28.4. The molecule has 9 heteroatoms. The van der Waals surface area contributed by atoms with E-state index in [-0.39, 0.29) is 17.3 Å². The molecule has 3 heterocycles. The molecule has 1 aliphatic carbocycles. The van der Waals surface area contributed by atoms with Crippen LogP contribution in [0.3, 0.4) is 0 Å². The quantitative estimate of drug-likeness (QED) is 0.780. The van der Waals surface area contributed by atoms with Gasteiger partial charge in [0.05, 0.1) is 31.9 Å². The van der Waals surface area contributed by atoms with Gasteiger partial charge in [-0.1, -0.05) is 12.1 Å². The predicted octanol–water partition coefficient (Wildman–Crippen LogP) is 1.61. The maximum Gasteiger partial charge on any atom is 0.288 e. The first-order chi connectivity index (χ1) is 14.0. The van der Waals surface area contributed by atoms with Crippen molar-refractivity contribution in [1.82, 2.24) is 14.8 Å². The van der Waals surface area contributed by atoms with Gasteiger partial charge in [0.15, 0.2) is 5.82 Å². The minimum atomic E-state index is -0.574. The highest BCUT2D eigenvalue weighted by atomic mass is 16.5. The van der Waals surface area contributed by atoms with Crippen molar-refractivity contribution in [2.45, 2.75) is 44.2 Å². The molecule has 2 aliphatic heterocycles. The van der Waals surface area contributed by atoms with E-state index in [1.165, 1.54) is 0 Å². The van der Waals surface area contributed by atoms with Gasteiger partial charge in [-0.15, -0.1) is 5.10 Å². The first kappa shape index (κ1) is 19.4. The van der Waals surface area contributed by atoms with Crippen molar-refractivity contribution in [2.24, 2.45) is 5.73 Å². The number of hydrogen-bond donors (Lipinski definition) is 1. The van der Waals surface area contributed by atoms with E-state index >= 15 is 0 Å². The van der Waals surface area contributed by atoms with Crippen molar-refractivity contribution in [3.63, 3.8) is 0 Å². The molecular weight excluding hydrogens is 374 g/mol. The number of rotatable bonds is 1. The molecular formula is C20H25N5O4. The van der Waals surface area contributed by atoms with Crippen LogP contribution < -0.4 is 15.4 Å². The van der Waals surface area contributed by atoms with Gasteiger partial charge in [0, 0.05) is 7.05 Å². The van der Waals surface area contributed by atoms with Gasteiger partial charge in [-0.3, -0.25) is 9.59 Å². The molecule has 2 aromatic rings. The lowest BCUT2D eigenvalue weighted by atomic mass is 10.00. The lowest BCUT2D eigenvalue weighted by Crippen LogP contribution is -2.36. The first-order valence-corrected chi connectivity index (χ1v) is 9.88. The summed E-state index contributed by atoms with van der Waals surface area (Å²) in [5.41, 5.74) is 5.74. The number of ether oxygens (including phenoxy) is 2. The van der Waals surface area contributed by atoms with Gasteiger partial charge in [0.1, 0.15) is 11.4 Å². The van der Waals surface area contributed by atoms with Crippen LogP contribution in [-0.2, 0) is 21.7 Å². The average Bonchev–Trinajstić information content (AvgIpc) is 3.34. The standard InChI is InChI=1S/C10H14N4O2.C10H11NO2/c11-7(15)8-12-9-10(3-1-2-4-10)16-6-5-14(9)13-8;1-11-8-4-2-3-5-9(8)13-7-6-10(11)12/h1-6H2,(H2,11,15);2-5H,6-7H2,1H3. The topological polar surface area (TPSA) is 113 Å². The fourth-order valence-electron chi connectivity index (χ4n) is 4.05. The van der Waals surface area contributed by atoms with E-state index in [0.29, 0.717) is 26.2 Å². The normalized spacial score (nSPS) is 19.5. The van der Waals surface area contributed by atoms with Crippen molar-refractivity contribution in [3.8, 4) is 5.75 Å². The summed E-state index contributed by atoms with van der Waals surface area (Å²) in [7, 11) is 1.77. The molecule has 2 N–H and O–H groups in total. The molecule has 1 aromatic heterocycles. The summed E-state index contributed by atoms with van der Waals surface area (Å²) >= 11 is 0. The number of para-hydroxylation sites is 2. The van der Waals surface area contributed by atoms with Gasteiger partial charge in [-0.05, 0) is 37.8 Å². The van der Waals surface area contributed by atoms with E-state index in [2.05, 4.69) is 10.1 Å². The molecule has 1 aromatic carbocycles. The second-order valence-corrected chi connectivity index (χ2v) is 7.42. The molecule has 2 amide bonds. The number of hydrogen-bond acceptors (Lipinski definition) is 6. The molecule has 0 radical (unpaired) electrons.